The molecule has 0 aliphatic carbocycles. The maximum atomic E-state index is 6.04. The van der Waals surface area contributed by atoms with E-state index in [4.69, 9.17) is 16.3 Å². The largest absolute Gasteiger partial charge is 0.491 e. The molecule has 0 spiro atoms. The van der Waals surface area contributed by atoms with Crippen molar-refractivity contribution in [3.05, 3.63) is 39.3 Å². The fourth-order valence-corrected chi connectivity index (χ4v) is 2.54. The normalized spacial score (nSPS) is 10.5. The molecule has 0 unspecified atom stereocenters. The first kappa shape index (κ1) is 14.2. The molecule has 19 heavy (non-hydrogen) atoms. The number of aryl methyl sites for hydroxylation is 1. The van der Waals surface area contributed by atoms with E-state index in [2.05, 4.69) is 17.2 Å². The van der Waals surface area contributed by atoms with Crippen molar-refractivity contribution in [2.45, 2.75) is 26.8 Å². The molecule has 0 atom stereocenters. The van der Waals surface area contributed by atoms with Gasteiger partial charge in [0.15, 0.2) is 0 Å². The molecule has 0 bridgehead atoms. The Labute approximate surface area is 122 Å². The summed E-state index contributed by atoms with van der Waals surface area (Å²) in [4.78, 5) is 5.46. The van der Waals surface area contributed by atoms with E-state index in [-0.39, 0.29) is 0 Å². The third-order valence-electron chi connectivity index (χ3n) is 2.69. The Hall–Kier alpha value is -1.26. The summed E-state index contributed by atoms with van der Waals surface area (Å²) in [6.07, 6.45) is 0.982. The molecule has 0 fully saturated rings. The Bertz CT molecular complexity index is 542. The van der Waals surface area contributed by atoms with Gasteiger partial charge in [0.25, 0.3) is 0 Å². The van der Waals surface area contributed by atoms with Crippen LogP contribution in [0.15, 0.2) is 23.7 Å². The van der Waals surface area contributed by atoms with Crippen LogP contribution in [0.2, 0.25) is 5.02 Å². The van der Waals surface area contributed by atoms with Crippen LogP contribution in [0.5, 0.6) is 5.75 Å². The molecule has 0 saturated carbocycles. The number of benzene rings is 1. The molecule has 5 heteroatoms. The molecular weight excluding hydrogens is 280 g/mol. The van der Waals surface area contributed by atoms with Crippen LogP contribution < -0.4 is 10.1 Å². The minimum absolute atomic E-state index is 0.701. The average Bonchev–Trinajstić information content (AvgIpc) is 2.81. The topological polar surface area (TPSA) is 34.1 Å². The van der Waals surface area contributed by atoms with Crippen molar-refractivity contribution in [3.8, 4) is 5.75 Å². The van der Waals surface area contributed by atoms with Crippen molar-refractivity contribution < 1.29 is 4.74 Å². The first-order valence-corrected chi connectivity index (χ1v) is 7.51. The lowest BCUT2D eigenvalue weighted by atomic mass is 10.2. The monoisotopic (exact) mass is 296 g/mol. The van der Waals surface area contributed by atoms with E-state index in [1.807, 2.05) is 30.6 Å². The van der Waals surface area contributed by atoms with Gasteiger partial charge in [-0.25, -0.2) is 4.98 Å². The van der Waals surface area contributed by atoms with Crippen molar-refractivity contribution >= 4 is 28.6 Å². The Balaban J connectivity index is 2.09. The molecule has 3 nitrogen and oxygen atoms in total. The number of halogens is 1. The number of hydrogen-bond donors (Lipinski definition) is 1. The SMILES string of the molecule is CCCOc1ccc(Cl)cc1NCc1scnc1C. The first-order valence-electron chi connectivity index (χ1n) is 6.26. The van der Waals surface area contributed by atoms with Gasteiger partial charge in [0.2, 0.25) is 0 Å². The highest BCUT2D eigenvalue weighted by atomic mass is 35.5. The molecule has 1 aromatic heterocycles. The van der Waals surface area contributed by atoms with Gasteiger partial charge in [-0.05, 0) is 31.5 Å². The van der Waals surface area contributed by atoms with Crippen LogP contribution in [0.3, 0.4) is 0 Å². The highest BCUT2D eigenvalue weighted by molar-refractivity contribution is 7.09. The first-order chi connectivity index (χ1) is 9.20. The lowest BCUT2D eigenvalue weighted by Gasteiger charge is -2.13. The van der Waals surface area contributed by atoms with Crippen molar-refractivity contribution in [1.82, 2.24) is 4.98 Å². The second-order valence-electron chi connectivity index (χ2n) is 4.20. The molecular formula is C14H17ClN2OS. The number of hydrogen-bond acceptors (Lipinski definition) is 4. The third-order valence-corrected chi connectivity index (χ3v) is 3.86. The maximum absolute atomic E-state index is 6.04. The smallest absolute Gasteiger partial charge is 0.142 e. The Morgan fingerprint density at radius 3 is 2.95 bits per heavy atom. The molecule has 0 aliphatic heterocycles. The van der Waals surface area contributed by atoms with E-state index in [0.717, 1.165) is 30.1 Å². The summed E-state index contributed by atoms with van der Waals surface area (Å²) >= 11 is 7.69. The summed E-state index contributed by atoms with van der Waals surface area (Å²) in [6, 6.07) is 5.64. The summed E-state index contributed by atoms with van der Waals surface area (Å²) in [5, 5.41) is 4.07. The van der Waals surface area contributed by atoms with Gasteiger partial charge < -0.3 is 10.1 Å². The zero-order chi connectivity index (χ0) is 13.7. The number of thiazole rings is 1. The number of aromatic nitrogens is 1. The van der Waals surface area contributed by atoms with Crippen LogP contribution in [0.25, 0.3) is 0 Å². The van der Waals surface area contributed by atoms with E-state index >= 15 is 0 Å². The summed E-state index contributed by atoms with van der Waals surface area (Å²) in [5.74, 6) is 0.841. The van der Waals surface area contributed by atoms with Crippen LogP contribution in [0.4, 0.5) is 5.69 Å². The highest BCUT2D eigenvalue weighted by Crippen LogP contribution is 2.29. The predicted octanol–water partition coefficient (Wildman–Crippen LogP) is 4.51. The molecule has 0 saturated heterocycles. The number of anilines is 1. The summed E-state index contributed by atoms with van der Waals surface area (Å²) < 4.78 is 5.71. The fraction of sp³-hybridized carbons (Fsp3) is 0.357. The van der Waals surface area contributed by atoms with E-state index in [9.17, 15) is 0 Å². The minimum atomic E-state index is 0.701. The quantitative estimate of drug-likeness (QED) is 0.852. The molecule has 1 aromatic carbocycles. The van der Waals surface area contributed by atoms with E-state index < -0.39 is 0 Å². The van der Waals surface area contributed by atoms with E-state index in [1.165, 1.54) is 4.88 Å². The molecule has 0 radical (unpaired) electrons. The van der Waals surface area contributed by atoms with Crippen molar-refractivity contribution in [2.24, 2.45) is 0 Å². The molecule has 2 aromatic rings. The van der Waals surface area contributed by atoms with Crippen molar-refractivity contribution in [3.63, 3.8) is 0 Å². The van der Waals surface area contributed by atoms with Crippen LogP contribution in [-0.4, -0.2) is 11.6 Å². The molecule has 1 N–H and O–H groups in total. The summed E-state index contributed by atoms with van der Waals surface area (Å²) in [7, 11) is 0. The maximum Gasteiger partial charge on any atom is 0.142 e. The van der Waals surface area contributed by atoms with Crippen molar-refractivity contribution in [1.29, 1.82) is 0 Å². The van der Waals surface area contributed by atoms with Gasteiger partial charge in [-0.15, -0.1) is 11.3 Å². The van der Waals surface area contributed by atoms with Gasteiger partial charge in [0, 0.05) is 9.90 Å². The number of rotatable bonds is 6. The van der Waals surface area contributed by atoms with Crippen LogP contribution in [0.1, 0.15) is 23.9 Å². The van der Waals surface area contributed by atoms with Gasteiger partial charge >= 0.3 is 0 Å². The second kappa shape index (κ2) is 6.78. The zero-order valence-electron chi connectivity index (χ0n) is 11.1. The molecule has 1 heterocycles. The Morgan fingerprint density at radius 1 is 1.42 bits per heavy atom. The molecule has 0 aliphatic rings. The third kappa shape index (κ3) is 3.85. The van der Waals surface area contributed by atoms with Crippen LogP contribution in [-0.2, 0) is 6.54 Å². The van der Waals surface area contributed by atoms with Gasteiger partial charge in [-0.1, -0.05) is 18.5 Å². The summed E-state index contributed by atoms with van der Waals surface area (Å²) in [5.41, 5.74) is 3.85. The second-order valence-corrected chi connectivity index (χ2v) is 5.58. The number of ether oxygens (including phenoxy) is 1. The van der Waals surface area contributed by atoms with Crippen LogP contribution in [0, 0.1) is 6.92 Å². The summed E-state index contributed by atoms with van der Waals surface area (Å²) in [6.45, 7) is 5.54. The highest BCUT2D eigenvalue weighted by Gasteiger charge is 2.06. The van der Waals surface area contributed by atoms with Crippen molar-refractivity contribution in [2.75, 3.05) is 11.9 Å². The Morgan fingerprint density at radius 2 is 2.26 bits per heavy atom. The number of nitrogens with one attached hydrogen (secondary N) is 1. The standard InChI is InChI=1S/C14H17ClN2OS/c1-3-6-18-13-5-4-11(15)7-12(13)16-8-14-10(2)17-9-19-14/h4-5,7,9,16H,3,6,8H2,1-2H3. The van der Waals surface area contributed by atoms with Gasteiger partial charge in [-0.3, -0.25) is 0 Å². The fourth-order valence-electron chi connectivity index (χ4n) is 1.65. The van der Waals surface area contributed by atoms with Gasteiger partial charge in [0.05, 0.1) is 30.0 Å². The predicted molar refractivity (Wildman–Crippen MR) is 81.4 cm³/mol. The molecule has 0 amide bonds. The van der Waals surface area contributed by atoms with Gasteiger partial charge in [-0.2, -0.15) is 0 Å². The van der Waals surface area contributed by atoms with E-state index in [0.29, 0.717) is 11.6 Å². The lowest BCUT2D eigenvalue weighted by Crippen LogP contribution is -2.03. The number of nitrogens with zero attached hydrogens (tertiary/aromatic N) is 1. The zero-order valence-corrected chi connectivity index (χ0v) is 12.6. The lowest BCUT2D eigenvalue weighted by molar-refractivity contribution is 0.319. The Kier molecular flexibility index (Phi) is 5.05. The molecule has 2 rings (SSSR count). The average molecular weight is 297 g/mol. The van der Waals surface area contributed by atoms with Gasteiger partial charge in [0.1, 0.15) is 5.75 Å². The minimum Gasteiger partial charge on any atom is -0.491 e. The van der Waals surface area contributed by atoms with Crippen LogP contribution >= 0.6 is 22.9 Å². The molecule has 102 valence electrons. The van der Waals surface area contributed by atoms with E-state index in [1.54, 1.807) is 11.3 Å².